The minimum absolute atomic E-state index is 0.112. The highest BCUT2D eigenvalue weighted by molar-refractivity contribution is 5.80. The van der Waals surface area contributed by atoms with Crippen LogP contribution in [-0.4, -0.2) is 34.7 Å². The third kappa shape index (κ3) is 3.70. The molecule has 1 heterocycles. The molecule has 112 valence electrons. The van der Waals surface area contributed by atoms with Crippen molar-refractivity contribution in [2.24, 2.45) is 0 Å². The number of hydrogen-bond donors (Lipinski definition) is 1. The van der Waals surface area contributed by atoms with Crippen molar-refractivity contribution in [2.45, 2.75) is 26.5 Å². The van der Waals surface area contributed by atoms with Gasteiger partial charge in [-0.05, 0) is 26.0 Å². The Morgan fingerprint density at radius 2 is 2.29 bits per heavy atom. The Morgan fingerprint density at radius 3 is 3.05 bits per heavy atom. The first-order chi connectivity index (χ1) is 10.1. The summed E-state index contributed by atoms with van der Waals surface area (Å²) in [6.45, 7) is 8.87. The normalized spacial score (nSPS) is 12.3. The second kappa shape index (κ2) is 7.04. The van der Waals surface area contributed by atoms with Crippen LogP contribution in [0.4, 0.5) is 0 Å². The van der Waals surface area contributed by atoms with Crippen LogP contribution in [0.5, 0.6) is 0 Å². The van der Waals surface area contributed by atoms with Gasteiger partial charge < -0.3 is 14.6 Å². The average Bonchev–Trinajstić information content (AvgIpc) is 2.80. The van der Waals surface area contributed by atoms with Crippen molar-refractivity contribution in [1.82, 2.24) is 14.9 Å². The molecule has 5 heteroatoms. The summed E-state index contributed by atoms with van der Waals surface area (Å²) in [5.74, 6) is 0.834. The van der Waals surface area contributed by atoms with Gasteiger partial charge in [-0.1, -0.05) is 18.2 Å². The van der Waals surface area contributed by atoms with Gasteiger partial charge in [-0.15, -0.1) is 6.58 Å². The maximum Gasteiger partial charge on any atom is 0.248 e. The smallest absolute Gasteiger partial charge is 0.248 e. The SMILES string of the molecule is C=CCO[C@@H](C)C(=O)NCCn1c(C)nc2ccccc21. The van der Waals surface area contributed by atoms with Crippen LogP contribution >= 0.6 is 0 Å². The number of hydrogen-bond acceptors (Lipinski definition) is 3. The highest BCUT2D eigenvalue weighted by Gasteiger charge is 2.12. The van der Waals surface area contributed by atoms with Crippen molar-refractivity contribution in [3.63, 3.8) is 0 Å². The Labute approximate surface area is 124 Å². The number of benzene rings is 1. The predicted octanol–water partition coefficient (Wildman–Crippen LogP) is 2.05. The molecule has 2 aromatic rings. The molecule has 0 fully saturated rings. The van der Waals surface area contributed by atoms with E-state index in [9.17, 15) is 4.79 Å². The highest BCUT2D eigenvalue weighted by Crippen LogP contribution is 2.14. The fourth-order valence-electron chi connectivity index (χ4n) is 2.20. The number of nitrogens with zero attached hydrogens (tertiary/aromatic N) is 2. The van der Waals surface area contributed by atoms with Gasteiger partial charge in [0, 0.05) is 13.1 Å². The molecule has 1 amide bonds. The fourth-order valence-corrected chi connectivity index (χ4v) is 2.20. The third-order valence-corrected chi connectivity index (χ3v) is 3.31. The van der Waals surface area contributed by atoms with Gasteiger partial charge >= 0.3 is 0 Å². The zero-order chi connectivity index (χ0) is 15.2. The number of aryl methyl sites for hydroxylation is 1. The molecule has 0 aliphatic heterocycles. The van der Waals surface area contributed by atoms with Gasteiger partial charge in [0.2, 0.25) is 5.91 Å². The molecule has 0 aliphatic carbocycles. The lowest BCUT2D eigenvalue weighted by Gasteiger charge is -2.13. The predicted molar refractivity (Wildman–Crippen MR) is 83.1 cm³/mol. The van der Waals surface area contributed by atoms with E-state index in [4.69, 9.17) is 4.74 Å². The second-order valence-corrected chi connectivity index (χ2v) is 4.85. The van der Waals surface area contributed by atoms with Crippen molar-refractivity contribution in [2.75, 3.05) is 13.2 Å². The highest BCUT2D eigenvalue weighted by atomic mass is 16.5. The van der Waals surface area contributed by atoms with Crippen LogP contribution in [0.25, 0.3) is 11.0 Å². The number of ether oxygens (including phenoxy) is 1. The molecule has 1 aromatic carbocycles. The summed E-state index contributed by atoms with van der Waals surface area (Å²) in [5.41, 5.74) is 2.06. The van der Waals surface area contributed by atoms with Crippen LogP contribution in [0, 0.1) is 6.92 Å². The maximum atomic E-state index is 11.8. The van der Waals surface area contributed by atoms with Gasteiger partial charge in [0.15, 0.2) is 0 Å². The Morgan fingerprint density at radius 1 is 1.52 bits per heavy atom. The standard InChI is InChI=1S/C16H21N3O2/c1-4-11-21-12(2)16(20)17-9-10-19-13(3)18-14-7-5-6-8-15(14)19/h4-8,12H,1,9-11H2,2-3H3,(H,17,20)/t12-/m0/s1. The minimum atomic E-state index is -0.469. The van der Waals surface area contributed by atoms with Gasteiger partial charge in [-0.3, -0.25) is 4.79 Å². The number of aromatic nitrogens is 2. The number of imidazole rings is 1. The van der Waals surface area contributed by atoms with Crippen molar-refractivity contribution in [3.05, 3.63) is 42.7 Å². The monoisotopic (exact) mass is 287 g/mol. The number of rotatable bonds is 7. The van der Waals surface area contributed by atoms with E-state index in [0.29, 0.717) is 19.7 Å². The first-order valence-corrected chi connectivity index (χ1v) is 7.05. The summed E-state index contributed by atoms with van der Waals surface area (Å²) >= 11 is 0. The van der Waals surface area contributed by atoms with Crippen LogP contribution in [0.1, 0.15) is 12.7 Å². The largest absolute Gasteiger partial charge is 0.365 e. The van der Waals surface area contributed by atoms with Crippen molar-refractivity contribution in [3.8, 4) is 0 Å². The van der Waals surface area contributed by atoms with Crippen molar-refractivity contribution >= 4 is 16.9 Å². The van der Waals surface area contributed by atoms with E-state index in [1.807, 2.05) is 31.2 Å². The van der Waals surface area contributed by atoms with Crippen LogP contribution in [0.3, 0.4) is 0 Å². The molecule has 5 nitrogen and oxygen atoms in total. The molecule has 0 unspecified atom stereocenters. The molecule has 21 heavy (non-hydrogen) atoms. The molecule has 0 radical (unpaired) electrons. The molecular weight excluding hydrogens is 266 g/mol. The molecule has 0 aliphatic rings. The molecule has 1 aromatic heterocycles. The van der Waals surface area contributed by atoms with Crippen LogP contribution < -0.4 is 5.32 Å². The number of nitrogens with one attached hydrogen (secondary N) is 1. The van der Waals surface area contributed by atoms with Crippen LogP contribution in [-0.2, 0) is 16.1 Å². The average molecular weight is 287 g/mol. The molecule has 0 saturated heterocycles. The first-order valence-electron chi connectivity index (χ1n) is 7.05. The van der Waals surface area contributed by atoms with E-state index in [1.54, 1.807) is 13.0 Å². The summed E-state index contributed by atoms with van der Waals surface area (Å²) in [7, 11) is 0. The van der Waals surface area contributed by atoms with E-state index < -0.39 is 6.10 Å². The molecular formula is C16H21N3O2. The van der Waals surface area contributed by atoms with E-state index in [2.05, 4.69) is 21.4 Å². The lowest BCUT2D eigenvalue weighted by Crippen LogP contribution is -2.36. The molecule has 1 atom stereocenters. The van der Waals surface area contributed by atoms with Gasteiger partial charge in [0.05, 0.1) is 17.6 Å². The van der Waals surface area contributed by atoms with Gasteiger partial charge in [-0.25, -0.2) is 4.98 Å². The molecule has 2 rings (SSSR count). The Hall–Kier alpha value is -2.14. The topological polar surface area (TPSA) is 56.1 Å². The Balaban J connectivity index is 1.92. The lowest BCUT2D eigenvalue weighted by molar-refractivity contribution is -0.131. The maximum absolute atomic E-state index is 11.8. The van der Waals surface area contributed by atoms with E-state index in [-0.39, 0.29) is 5.91 Å². The number of fused-ring (bicyclic) bond motifs is 1. The summed E-state index contributed by atoms with van der Waals surface area (Å²) in [6.07, 6.45) is 1.16. The number of para-hydroxylation sites is 2. The quantitative estimate of drug-likeness (QED) is 0.793. The summed E-state index contributed by atoms with van der Waals surface area (Å²) in [6, 6.07) is 7.98. The van der Waals surface area contributed by atoms with Crippen molar-refractivity contribution < 1.29 is 9.53 Å². The first kappa shape index (κ1) is 15.3. The lowest BCUT2D eigenvalue weighted by atomic mass is 10.3. The number of carbonyl (C=O) groups is 1. The minimum Gasteiger partial charge on any atom is -0.365 e. The molecule has 1 N–H and O–H groups in total. The fraction of sp³-hybridized carbons (Fsp3) is 0.375. The van der Waals surface area contributed by atoms with Crippen LogP contribution in [0.15, 0.2) is 36.9 Å². The zero-order valence-electron chi connectivity index (χ0n) is 12.5. The van der Waals surface area contributed by atoms with Gasteiger partial charge in [-0.2, -0.15) is 0 Å². The third-order valence-electron chi connectivity index (χ3n) is 3.31. The van der Waals surface area contributed by atoms with E-state index in [0.717, 1.165) is 16.9 Å². The molecule has 0 spiro atoms. The summed E-state index contributed by atoms with van der Waals surface area (Å²) < 4.78 is 7.39. The van der Waals surface area contributed by atoms with E-state index in [1.165, 1.54) is 0 Å². The van der Waals surface area contributed by atoms with E-state index >= 15 is 0 Å². The second-order valence-electron chi connectivity index (χ2n) is 4.85. The zero-order valence-corrected chi connectivity index (χ0v) is 12.5. The molecule has 0 saturated carbocycles. The number of amides is 1. The summed E-state index contributed by atoms with van der Waals surface area (Å²) in [5, 5.41) is 2.87. The molecule has 0 bridgehead atoms. The Bertz CT molecular complexity index is 633. The number of carbonyl (C=O) groups excluding carboxylic acids is 1. The van der Waals surface area contributed by atoms with Crippen LogP contribution in [0.2, 0.25) is 0 Å². The van der Waals surface area contributed by atoms with Gasteiger partial charge in [0.25, 0.3) is 0 Å². The summed E-state index contributed by atoms with van der Waals surface area (Å²) in [4.78, 5) is 16.3. The Kier molecular flexibility index (Phi) is 5.11. The van der Waals surface area contributed by atoms with Crippen molar-refractivity contribution in [1.29, 1.82) is 0 Å². The van der Waals surface area contributed by atoms with Gasteiger partial charge in [0.1, 0.15) is 11.9 Å².